The second kappa shape index (κ2) is 4.34. The lowest BCUT2D eigenvalue weighted by Crippen LogP contribution is -2.10. The molecule has 0 aliphatic heterocycles. The van der Waals surface area contributed by atoms with E-state index in [1.807, 2.05) is 0 Å². The predicted octanol–water partition coefficient (Wildman–Crippen LogP) is 1.93. The van der Waals surface area contributed by atoms with Crippen molar-refractivity contribution in [2.75, 3.05) is 5.73 Å². The van der Waals surface area contributed by atoms with Crippen LogP contribution in [-0.4, -0.2) is 9.78 Å². The van der Waals surface area contributed by atoms with Crippen molar-refractivity contribution in [3.05, 3.63) is 41.6 Å². The lowest BCUT2D eigenvalue weighted by molar-refractivity contribution is -0.141. The first-order valence-electron chi connectivity index (χ1n) is 5.14. The van der Waals surface area contributed by atoms with Crippen LogP contribution in [0, 0.1) is 0 Å². The summed E-state index contributed by atoms with van der Waals surface area (Å²) >= 11 is 0. The Morgan fingerprint density at radius 3 is 2.44 bits per heavy atom. The molecular formula is C11H11F3N4. The lowest BCUT2D eigenvalue weighted by Gasteiger charge is -2.09. The Morgan fingerprint density at radius 1 is 1.22 bits per heavy atom. The van der Waals surface area contributed by atoms with E-state index in [1.165, 1.54) is 0 Å². The van der Waals surface area contributed by atoms with Gasteiger partial charge >= 0.3 is 6.18 Å². The van der Waals surface area contributed by atoms with Gasteiger partial charge in [-0.3, -0.25) is 0 Å². The van der Waals surface area contributed by atoms with E-state index in [9.17, 15) is 13.2 Å². The fourth-order valence-corrected chi connectivity index (χ4v) is 1.62. The second-order valence-electron chi connectivity index (χ2n) is 3.70. The van der Waals surface area contributed by atoms with E-state index < -0.39 is 11.9 Å². The molecule has 4 nitrogen and oxygen atoms in total. The molecular weight excluding hydrogens is 245 g/mol. The quantitative estimate of drug-likeness (QED) is 0.862. The molecule has 0 fully saturated rings. The van der Waals surface area contributed by atoms with Crippen LogP contribution in [-0.2, 0) is 12.7 Å². The van der Waals surface area contributed by atoms with Crippen LogP contribution < -0.4 is 11.5 Å². The number of nitrogens with two attached hydrogens (primary N) is 2. The Balaban J connectivity index is 2.55. The van der Waals surface area contributed by atoms with Gasteiger partial charge in [0.25, 0.3) is 0 Å². The average molecular weight is 256 g/mol. The van der Waals surface area contributed by atoms with Crippen LogP contribution in [0.2, 0.25) is 0 Å². The maximum absolute atomic E-state index is 12.5. The van der Waals surface area contributed by atoms with Crippen LogP contribution >= 0.6 is 0 Å². The highest BCUT2D eigenvalue weighted by atomic mass is 19.4. The van der Waals surface area contributed by atoms with Crippen molar-refractivity contribution in [2.24, 2.45) is 5.73 Å². The van der Waals surface area contributed by atoms with Crippen LogP contribution in [0.5, 0.6) is 0 Å². The Bertz CT molecular complexity index is 560. The zero-order valence-corrected chi connectivity index (χ0v) is 9.28. The van der Waals surface area contributed by atoms with Gasteiger partial charge in [-0.05, 0) is 11.6 Å². The minimum Gasteiger partial charge on any atom is -0.384 e. The third-order valence-corrected chi connectivity index (χ3v) is 2.47. The van der Waals surface area contributed by atoms with Crippen molar-refractivity contribution in [2.45, 2.75) is 12.7 Å². The number of aromatic nitrogens is 2. The van der Waals surface area contributed by atoms with Gasteiger partial charge in [0.1, 0.15) is 5.82 Å². The molecule has 1 heterocycles. The van der Waals surface area contributed by atoms with E-state index >= 15 is 0 Å². The largest absolute Gasteiger partial charge is 0.435 e. The average Bonchev–Trinajstić information content (AvgIpc) is 2.71. The zero-order chi connectivity index (χ0) is 13.3. The predicted molar refractivity (Wildman–Crippen MR) is 60.9 cm³/mol. The Labute approximate surface area is 101 Å². The van der Waals surface area contributed by atoms with Gasteiger partial charge in [0.2, 0.25) is 0 Å². The van der Waals surface area contributed by atoms with Crippen molar-refractivity contribution in [1.29, 1.82) is 0 Å². The highest BCUT2D eigenvalue weighted by Crippen LogP contribution is 2.30. The van der Waals surface area contributed by atoms with Crippen molar-refractivity contribution >= 4 is 5.82 Å². The maximum Gasteiger partial charge on any atom is 0.435 e. The summed E-state index contributed by atoms with van der Waals surface area (Å²) in [4.78, 5) is 0. The second-order valence-corrected chi connectivity index (χ2v) is 3.70. The molecule has 0 bridgehead atoms. The van der Waals surface area contributed by atoms with Crippen LogP contribution in [0.1, 0.15) is 11.3 Å². The number of nitrogen functional groups attached to an aromatic ring is 1. The number of hydrogen-bond acceptors (Lipinski definition) is 3. The topological polar surface area (TPSA) is 69.9 Å². The summed E-state index contributed by atoms with van der Waals surface area (Å²) < 4.78 is 38.6. The molecule has 96 valence electrons. The SMILES string of the molecule is NCc1ccccc1-n1nc(C(F)(F)F)cc1N. The molecule has 1 aromatic heterocycles. The molecule has 0 radical (unpaired) electrons. The van der Waals surface area contributed by atoms with Gasteiger partial charge in [0, 0.05) is 12.6 Å². The molecule has 0 atom stereocenters. The molecule has 0 saturated carbocycles. The molecule has 2 aromatic rings. The summed E-state index contributed by atoms with van der Waals surface area (Å²) in [6.07, 6.45) is -4.52. The number of rotatable bonds is 2. The Kier molecular flexibility index (Phi) is 3.00. The van der Waals surface area contributed by atoms with E-state index in [0.29, 0.717) is 11.3 Å². The summed E-state index contributed by atoms with van der Waals surface area (Å²) in [6.45, 7) is 0.191. The Morgan fingerprint density at radius 2 is 1.89 bits per heavy atom. The third-order valence-electron chi connectivity index (χ3n) is 2.47. The molecule has 1 aromatic carbocycles. The molecule has 0 spiro atoms. The van der Waals surface area contributed by atoms with E-state index in [-0.39, 0.29) is 12.4 Å². The third kappa shape index (κ3) is 2.17. The highest BCUT2D eigenvalue weighted by molar-refractivity contribution is 5.47. The van der Waals surface area contributed by atoms with Crippen molar-refractivity contribution in [3.8, 4) is 5.69 Å². The van der Waals surface area contributed by atoms with Crippen LogP contribution in [0.3, 0.4) is 0 Å². The van der Waals surface area contributed by atoms with Crippen molar-refractivity contribution in [3.63, 3.8) is 0 Å². The zero-order valence-electron chi connectivity index (χ0n) is 9.28. The maximum atomic E-state index is 12.5. The van der Waals surface area contributed by atoms with Gasteiger partial charge in [-0.1, -0.05) is 18.2 Å². The van der Waals surface area contributed by atoms with Gasteiger partial charge in [-0.25, -0.2) is 4.68 Å². The van der Waals surface area contributed by atoms with Crippen molar-refractivity contribution in [1.82, 2.24) is 9.78 Å². The summed E-state index contributed by atoms with van der Waals surface area (Å²) in [5.74, 6) is -0.0803. The van der Waals surface area contributed by atoms with Gasteiger partial charge in [0.15, 0.2) is 5.69 Å². The normalized spacial score (nSPS) is 11.8. The van der Waals surface area contributed by atoms with E-state index in [1.54, 1.807) is 24.3 Å². The smallest absolute Gasteiger partial charge is 0.384 e. The number of anilines is 1. The molecule has 2 rings (SSSR count). The number of alkyl halides is 3. The monoisotopic (exact) mass is 256 g/mol. The van der Waals surface area contributed by atoms with Gasteiger partial charge in [-0.2, -0.15) is 18.3 Å². The molecule has 4 N–H and O–H groups in total. The summed E-state index contributed by atoms with van der Waals surface area (Å²) in [5, 5.41) is 3.47. The molecule has 0 unspecified atom stereocenters. The number of halogens is 3. The number of nitrogens with zero attached hydrogens (tertiary/aromatic N) is 2. The van der Waals surface area contributed by atoms with Gasteiger partial charge < -0.3 is 11.5 Å². The Hall–Kier alpha value is -2.02. The summed E-state index contributed by atoms with van der Waals surface area (Å²) in [6, 6.07) is 7.56. The molecule has 0 amide bonds. The van der Waals surface area contributed by atoms with Crippen molar-refractivity contribution < 1.29 is 13.2 Å². The van der Waals surface area contributed by atoms with E-state index in [0.717, 1.165) is 10.7 Å². The number of para-hydroxylation sites is 1. The standard InChI is InChI=1S/C11H11F3N4/c12-11(13,14)9-5-10(16)18(17-9)8-4-2-1-3-7(8)6-15/h1-5H,6,15-16H2. The van der Waals surface area contributed by atoms with Crippen LogP contribution in [0.15, 0.2) is 30.3 Å². The highest BCUT2D eigenvalue weighted by Gasteiger charge is 2.34. The first-order valence-corrected chi connectivity index (χ1v) is 5.14. The number of hydrogen-bond donors (Lipinski definition) is 2. The first kappa shape index (κ1) is 12.4. The molecule has 7 heteroatoms. The van der Waals surface area contributed by atoms with Gasteiger partial charge in [0.05, 0.1) is 5.69 Å². The fraction of sp³-hybridized carbons (Fsp3) is 0.182. The van der Waals surface area contributed by atoms with Gasteiger partial charge in [-0.15, -0.1) is 0 Å². The summed E-state index contributed by atoms with van der Waals surface area (Å²) in [5.41, 5.74) is 11.2. The minimum absolute atomic E-state index is 0.0803. The fourth-order valence-electron chi connectivity index (χ4n) is 1.62. The van der Waals surface area contributed by atoms with E-state index in [4.69, 9.17) is 11.5 Å². The van der Waals surface area contributed by atoms with Crippen LogP contribution in [0.25, 0.3) is 5.69 Å². The summed E-state index contributed by atoms with van der Waals surface area (Å²) in [7, 11) is 0. The number of benzene rings is 1. The molecule has 0 aliphatic carbocycles. The molecule has 0 aliphatic rings. The molecule has 0 saturated heterocycles. The van der Waals surface area contributed by atoms with E-state index in [2.05, 4.69) is 5.10 Å². The lowest BCUT2D eigenvalue weighted by atomic mass is 10.2. The molecule has 18 heavy (non-hydrogen) atoms. The minimum atomic E-state index is -4.52. The first-order chi connectivity index (χ1) is 8.43. The van der Waals surface area contributed by atoms with Crippen LogP contribution in [0.4, 0.5) is 19.0 Å².